The van der Waals surface area contributed by atoms with Gasteiger partial charge in [0.15, 0.2) is 15.7 Å². The lowest BCUT2D eigenvalue weighted by molar-refractivity contribution is 0.358. The number of thioether (sulfide) groups is 1. The van der Waals surface area contributed by atoms with Crippen LogP contribution in [0.15, 0.2) is 4.52 Å². The summed E-state index contributed by atoms with van der Waals surface area (Å²) in [5, 5.41) is 7.03. The Morgan fingerprint density at radius 3 is 3.11 bits per heavy atom. The van der Waals surface area contributed by atoms with E-state index in [-0.39, 0.29) is 17.5 Å². The second-order valence-corrected chi connectivity index (χ2v) is 7.71. The van der Waals surface area contributed by atoms with Crippen LogP contribution in [0.4, 0.5) is 0 Å². The maximum absolute atomic E-state index is 11.5. The van der Waals surface area contributed by atoms with Crippen LogP contribution in [0.3, 0.4) is 0 Å². The van der Waals surface area contributed by atoms with Crippen molar-refractivity contribution in [2.24, 2.45) is 0 Å². The van der Waals surface area contributed by atoms with Crippen LogP contribution in [-0.4, -0.2) is 48.4 Å². The molecule has 2 rings (SSSR count). The van der Waals surface area contributed by atoms with E-state index in [1.807, 2.05) is 0 Å². The summed E-state index contributed by atoms with van der Waals surface area (Å²) in [5.41, 5.74) is 0. The maximum atomic E-state index is 11.5. The molecule has 1 aliphatic rings. The van der Waals surface area contributed by atoms with E-state index in [9.17, 15) is 8.42 Å². The molecule has 1 fully saturated rings. The molecule has 0 spiro atoms. The van der Waals surface area contributed by atoms with Gasteiger partial charge in [0.1, 0.15) is 0 Å². The van der Waals surface area contributed by atoms with Gasteiger partial charge in [-0.1, -0.05) is 12.1 Å². The number of aromatic nitrogens is 2. The maximum Gasteiger partial charge on any atom is 0.228 e. The van der Waals surface area contributed by atoms with Gasteiger partial charge in [0.25, 0.3) is 0 Å². The lowest BCUT2D eigenvalue weighted by Gasteiger charge is -2.21. The third-order valence-corrected chi connectivity index (χ3v) is 5.27. The summed E-state index contributed by atoms with van der Waals surface area (Å²) >= 11 is 1.72. The van der Waals surface area contributed by atoms with Crippen LogP contribution in [0.25, 0.3) is 0 Å². The lowest BCUT2D eigenvalue weighted by atomic mass is 10.2. The Labute approximate surface area is 111 Å². The predicted molar refractivity (Wildman–Crippen MR) is 70.3 cm³/mol. The van der Waals surface area contributed by atoms with Gasteiger partial charge in [0.05, 0.1) is 17.3 Å². The van der Waals surface area contributed by atoms with Crippen molar-refractivity contribution in [3.05, 3.63) is 11.7 Å². The molecule has 18 heavy (non-hydrogen) atoms. The highest BCUT2D eigenvalue weighted by molar-refractivity contribution is 7.98. The van der Waals surface area contributed by atoms with Crippen LogP contribution < -0.4 is 5.32 Å². The van der Waals surface area contributed by atoms with Gasteiger partial charge in [-0.2, -0.15) is 16.7 Å². The first-order valence-electron chi connectivity index (χ1n) is 5.92. The summed E-state index contributed by atoms with van der Waals surface area (Å²) in [7, 11) is -2.92. The number of nitrogens with one attached hydrogen (secondary N) is 1. The van der Waals surface area contributed by atoms with Gasteiger partial charge in [-0.05, 0) is 5.75 Å². The van der Waals surface area contributed by atoms with Crippen molar-refractivity contribution in [1.82, 2.24) is 15.5 Å². The molecule has 1 N–H and O–H groups in total. The van der Waals surface area contributed by atoms with Crippen molar-refractivity contribution >= 4 is 21.6 Å². The molecule has 0 aromatic carbocycles. The molecule has 1 aromatic heterocycles. The van der Waals surface area contributed by atoms with Crippen molar-refractivity contribution in [1.29, 1.82) is 0 Å². The number of sulfone groups is 1. The van der Waals surface area contributed by atoms with E-state index in [0.717, 1.165) is 11.5 Å². The molecule has 1 aliphatic heterocycles. The topological polar surface area (TPSA) is 85.1 Å². The van der Waals surface area contributed by atoms with E-state index >= 15 is 0 Å². The summed E-state index contributed by atoms with van der Waals surface area (Å²) in [5.74, 6) is 3.29. The number of nitrogens with zero attached hydrogens (tertiary/aromatic N) is 2. The number of hydrogen-bond donors (Lipinski definition) is 1. The van der Waals surface area contributed by atoms with Crippen molar-refractivity contribution in [2.75, 3.05) is 23.8 Å². The Balaban J connectivity index is 1.91. The second-order valence-electron chi connectivity index (χ2n) is 4.21. The van der Waals surface area contributed by atoms with Gasteiger partial charge in [-0.15, -0.1) is 0 Å². The van der Waals surface area contributed by atoms with Crippen LogP contribution in [0.2, 0.25) is 0 Å². The summed E-state index contributed by atoms with van der Waals surface area (Å²) in [4.78, 5) is 4.26. The largest absolute Gasteiger partial charge is 0.339 e. The second kappa shape index (κ2) is 6.03. The molecule has 0 saturated carbocycles. The molecule has 0 bridgehead atoms. The van der Waals surface area contributed by atoms with Gasteiger partial charge in [0, 0.05) is 19.0 Å². The Morgan fingerprint density at radius 2 is 2.39 bits per heavy atom. The van der Waals surface area contributed by atoms with Crippen molar-refractivity contribution in [2.45, 2.75) is 25.1 Å². The smallest absolute Gasteiger partial charge is 0.228 e. The molecule has 0 radical (unpaired) electrons. The molecule has 1 unspecified atom stereocenters. The highest BCUT2D eigenvalue weighted by atomic mass is 32.2. The summed E-state index contributed by atoms with van der Waals surface area (Å²) in [6.45, 7) is 2.57. The fraction of sp³-hybridized carbons (Fsp3) is 0.800. The van der Waals surface area contributed by atoms with Crippen LogP contribution in [0.1, 0.15) is 18.6 Å². The highest BCUT2D eigenvalue weighted by Crippen LogP contribution is 2.11. The standard InChI is InChI=1S/C10H17N3O3S2/c1-2-17-6-9-12-10(16-13-9)5-8-7-18(14,15)4-3-11-8/h8,11H,2-7H2,1H3. The van der Waals surface area contributed by atoms with Crippen LogP contribution >= 0.6 is 11.8 Å². The van der Waals surface area contributed by atoms with Gasteiger partial charge in [-0.3, -0.25) is 0 Å². The Hall–Kier alpha value is -0.600. The molecule has 1 atom stereocenters. The van der Waals surface area contributed by atoms with E-state index < -0.39 is 9.84 Å². The van der Waals surface area contributed by atoms with E-state index in [0.29, 0.717) is 24.7 Å². The minimum Gasteiger partial charge on any atom is -0.339 e. The van der Waals surface area contributed by atoms with Gasteiger partial charge >= 0.3 is 0 Å². The minimum absolute atomic E-state index is 0.115. The first-order valence-corrected chi connectivity index (χ1v) is 8.89. The molecule has 0 aliphatic carbocycles. The van der Waals surface area contributed by atoms with E-state index in [1.165, 1.54) is 0 Å². The summed E-state index contributed by atoms with van der Waals surface area (Å²) < 4.78 is 28.1. The van der Waals surface area contributed by atoms with E-state index in [1.54, 1.807) is 11.8 Å². The van der Waals surface area contributed by atoms with Crippen molar-refractivity contribution in [3.8, 4) is 0 Å². The number of hydrogen-bond acceptors (Lipinski definition) is 7. The Kier molecular flexibility index (Phi) is 4.63. The molecular formula is C10H17N3O3S2. The van der Waals surface area contributed by atoms with Gasteiger partial charge in [-0.25, -0.2) is 8.42 Å². The Bertz CT molecular complexity index is 486. The third-order valence-electron chi connectivity index (χ3n) is 2.67. The minimum atomic E-state index is -2.92. The fourth-order valence-electron chi connectivity index (χ4n) is 1.83. The Morgan fingerprint density at radius 1 is 1.56 bits per heavy atom. The fourth-order valence-corrected chi connectivity index (χ4v) is 3.78. The van der Waals surface area contributed by atoms with Gasteiger partial charge in [0.2, 0.25) is 5.89 Å². The summed E-state index contributed by atoms with van der Waals surface area (Å²) in [6, 6.07) is -0.115. The molecular weight excluding hydrogens is 274 g/mol. The van der Waals surface area contributed by atoms with Gasteiger partial charge < -0.3 is 9.84 Å². The first kappa shape index (κ1) is 13.8. The van der Waals surface area contributed by atoms with Crippen LogP contribution in [0, 0.1) is 0 Å². The molecule has 1 saturated heterocycles. The third kappa shape index (κ3) is 3.96. The molecule has 1 aromatic rings. The van der Waals surface area contributed by atoms with Crippen LogP contribution in [0.5, 0.6) is 0 Å². The number of rotatable bonds is 5. The molecule has 0 amide bonds. The zero-order valence-electron chi connectivity index (χ0n) is 10.3. The zero-order chi connectivity index (χ0) is 13.0. The quantitative estimate of drug-likeness (QED) is 0.832. The zero-order valence-corrected chi connectivity index (χ0v) is 11.9. The molecule has 102 valence electrons. The first-order chi connectivity index (χ1) is 8.59. The van der Waals surface area contributed by atoms with Crippen molar-refractivity contribution < 1.29 is 12.9 Å². The highest BCUT2D eigenvalue weighted by Gasteiger charge is 2.25. The molecule has 2 heterocycles. The van der Waals surface area contributed by atoms with Crippen molar-refractivity contribution in [3.63, 3.8) is 0 Å². The SMILES string of the molecule is CCSCc1noc(CC2CS(=O)(=O)CCN2)n1. The normalized spacial score (nSPS) is 23.1. The molecule has 8 heteroatoms. The average molecular weight is 291 g/mol. The average Bonchev–Trinajstić information content (AvgIpc) is 2.73. The van der Waals surface area contributed by atoms with E-state index in [2.05, 4.69) is 22.4 Å². The van der Waals surface area contributed by atoms with Crippen LogP contribution in [-0.2, 0) is 22.0 Å². The molecule has 6 nitrogen and oxygen atoms in total. The predicted octanol–water partition coefficient (Wildman–Crippen LogP) is 0.252. The lowest BCUT2D eigenvalue weighted by Crippen LogP contribution is -2.46. The summed E-state index contributed by atoms with van der Waals surface area (Å²) in [6.07, 6.45) is 0.475. The van der Waals surface area contributed by atoms with E-state index in [4.69, 9.17) is 4.52 Å². The monoisotopic (exact) mass is 291 g/mol.